The number of hydrogen-bond acceptors (Lipinski definition) is 0. The summed E-state index contributed by atoms with van der Waals surface area (Å²) in [6.45, 7) is 6.86. The van der Waals surface area contributed by atoms with Gasteiger partial charge < -0.3 is 0 Å². The lowest BCUT2D eigenvalue weighted by Crippen LogP contribution is -1.95. The molecule has 0 amide bonds. The minimum absolute atomic E-state index is 0. The molecule has 0 N–H and O–H groups in total. The molecule has 0 spiro atoms. The summed E-state index contributed by atoms with van der Waals surface area (Å²) in [5.41, 5.74) is 0. The van der Waals surface area contributed by atoms with E-state index < -0.39 is 0 Å². The molecule has 0 aromatic carbocycles. The Balaban J connectivity index is 0. The minimum Gasteiger partial charge on any atom is -0.0776 e. The first-order valence-electron chi connectivity index (χ1n) is 4.35. The topological polar surface area (TPSA) is 0 Å². The van der Waals surface area contributed by atoms with Crippen LogP contribution in [0.2, 0.25) is 0 Å². The highest BCUT2D eigenvalue weighted by molar-refractivity contribution is 4.53. The Hall–Kier alpha value is 0. The third-order valence-corrected chi connectivity index (χ3v) is 2.12. The van der Waals surface area contributed by atoms with E-state index in [0.29, 0.717) is 0 Å². The van der Waals surface area contributed by atoms with Gasteiger partial charge in [-0.25, -0.2) is 0 Å². The molecule has 0 nitrogen and oxygen atoms in total. The van der Waals surface area contributed by atoms with Crippen molar-refractivity contribution in [2.24, 2.45) is 5.92 Å². The molecule has 0 aliphatic rings. The summed E-state index contributed by atoms with van der Waals surface area (Å²) in [5, 5.41) is 0. The molecule has 0 aliphatic heterocycles. The average molecular weight is 144 g/mol. The van der Waals surface area contributed by atoms with E-state index in [0.717, 1.165) is 5.92 Å². The Kier molecular flexibility index (Phi) is 11.4. The summed E-state index contributed by atoms with van der Waals surface area (Å²) in [4.78, 5) is 0. The Bertz CT molecular complexity index is 44.0. The number of hydrogen-bond donors (Lipinski definition) is 0. The number of rotatable bonds is 5. The molecule has 0 rings (SSSR count). The van der Waals surface area contributed by atoms with Crippen LogP contribution >= 0.6 is 0 Å². The zero-order valence-electron chi connectivity index (χ0n) is 7.11. The van der Waals surface area contributed by atoms with Crippen LogP contribution in [0.15, 0.2) is 0 Å². The molecule has 0 atom stereocenters. The van der Waals surface area contributed by atoms with Crippen LogP contribution in [0.1, 0.15) is 60.3 Å². The third kappa shape index (κ3) is 6.12. The van der Waals surface area contributed by atoms with Crippen LogP contribution in [-0.2, 0) is 0 Å². The molecule has 0 unspecified atom stereocenters. The van der Waals surface area contributed by atoms with Crippen LogP contribution in [0, 0.1) is 5.92 Å². The van der Waals surface area contributed by atoms with Crippen LogP contribution in [0.4, 0.5) is 0 Å². The Morgan fingerprint density at radius 2 is 1.50 bits per heavy atom. The van der Waals surface area contributed by atoms with Crippen molar-refractivity contribution in [3.8, 4) is 0 Å². The monoisotopic (exact) mass is 144 g/mol. The highest BCUT2D eigenvalue weighted by Gasteiger charge is 2.00. The van der Waals surface area contributed by atoms with Gasteiger partial charge in [0, 0.05) is 0 Å². The van der Waals surface area contributed by atoms with E-state index in [1.807, 2.05) is 0 Å². The van der Waals surface area contributed by atoms with E-state index in [2.05, 4.69) is 20.8 Å². The van der Waals surface area contributed by atoms with Crippen LogP contribution in [0.5, 0.6) is 0 Å². The summed E-state index contributed by atoms with van der Waals surface area (Å²) >= 11 is 0. The van der Waals surface area contributed by atoms with E-state index >= 15 is 0 Å². The lowest BCUT2D eigenvalue weighted by Gasteiger charge is -2.09. The molecule has 0 bridgehead atoms. The summed E-state index contributed by atoms with van der Waals surface area (Å²) < 4.78 is 0. The second-order valence-corrected chi connectivity index (χ2v) is 2.82. The molecule has 0 heterocycles. The fraction of sp³-hybridized carbons (Fsp3) is 1.00. The van der Waals surface area contributed by atoms with Gasteiger partial charge in [-0.2, -0.15) is 0 Å². The molecule has 0 fully saturated rings. The van der Waals surface area contributed by atoms with Gasteiger partial charge in [-0.1, -0.05) is 60.3 Å². The fourth-order valence-corrected chi connectivity index (χ4v) is 1.19. The van der Waals surface area contributed by atoms with E-state index in [1.165, 1.54) is 32.1 Å². The molecule has 64 valence electrons. The van der Waals surface area contributed by atoms with E-state index in [4.69, 9.17) is 0 Å². The average Bonchev–Trinajstić information content (AvgIpc) is 1.91. The first-order valence-corrected chi connectivity index (χ1v) is 4.35. The quantitative estimate of drug-likeness (QED) is 0.541. The lowest BCUT2D eigenvalue weighted by atomic mass is 9.97. The summed E-state index contributed by atoms with van der Waals surface area (Å²) in [6.07, 6.45) is 6.97. The van der Waals surface area contributed by atoms with E-state index in [9.17, 15) is 0 Å². The van der Waals surface area contributed by atoms with Gasteiger partial charge in [-0.05, 0) is 5.92 Å². The van der Waals surface area contributed by atoms with Gasteiger partial charge in [0.25, 0.3) is 0 Å². The van der Waals surface area contributed by atoms with Crippen molar-refractivity contribution in [1.82, 2.24) is 0 Å². The van der Waals surface area contributed by atoms with Crippen LogP contribution in [-0.4, -0.2) is 0 Å². The van der Waals surface area contributed by atoms with Gasteiger partial charge in [-0.3, -0.25) is 0 Å². The predicted molar refractivity (Wildman–Crippen MR) is 50.3 cm³/mol. The molecular weight excluding hydrogens is 120 g/mol. The van der Waals surface area contributed by atoms with Crippen molar-refractivity contribution in [3.63, 3.8) is 0 Å². The van der Waals surface area contributed by atoms with E-state index in [-0.39, 0.29) is 7.43 Å². The number of unbranched alkanes of at least 4 members (excludes halogenated alkanes) is 1. The van der Waals surface area contributed by atoms with E-state index in [1.54, 1.807) is 0 Å². The van der Waals surface area contributed by atoms with Crippen molar-refractivity contribution >= 4 is 0 Å². The fourth-order valence-electron chi connectivity index (χ4n) is 1.19. The predicted octanol–water partition coefficient (Wildman–Crippen LogP) is 4.25. The summed E-state index contributed by atoms with van der Waals surface area (Å²) in [7, 11) is 0. The van der Waals surface area contributed by atoms with Gasteiger partial charge in [0.1, 0.15) is 0 Å². The van der Waals surface area contributed by atoms with Gasteiger partial charge in [0.15, 0.2) is 0 Å². The SMILES string of the molecule is C.CCCCC(CC)CC. The van der Waals surface area contributed by atoms with Crippen molar-refractivity contribution in [1.29, 1.82) is 0 Å². The maximum absolute atomic E-state index is 2.30. The largest absolute Gasteiger partial charge is 0.0776 e. The second kappa shape index (κ2) is 9.00. The molecule has 10 heavy (non-hydrogen) atoms. The highest BCUT2D eigenvalue weighted by Crippen LogP contribution is 2.15. The zero-order valence-corrected chi connectivity index (χ0v) is 7.11. The Morgan fingerprint density at radius 3 is 1.80 bits per heavy atom. The van der Waals surface area contributed by atoms with Gasteiger partial charge in [0.2, 0.25) is 0 Å². The van der Waals surface area contributed by atoms with Crippen molar-refractivity contribution in [3.05, 3.63) is 0 Å². The molecular formula is C10H24. The van der Waals surface area contributed by atoms with Crippen molar-refractivity contribution in [2.45, 2.75) is 60.3 Å². The second-order valence-electron chi connectivity index (χ2n) is 2.82. The normalized spacial score (nSPS) is 9.60. The van der Waals surface area contributed by atoms with Crippen LogP contribution < -0.4 is 0 Å². The molecule has 0 aliphatic carbocycles. The molecule has 0 aromatic heterocycles. The maximum atomic E-state index is 2.30. The van der Waals surface area contributed by atoms with Gasteiger partial charge >= 0.3 is 0 Å². The molecule has 0 heteroatoms. The molecule has 0 saturated carbocycles. The van der Waals surface area contributed by atoms with Gasteiger partial charge in [0.05, 0.1) is 0 Å². The van der Waals surface area contributed by atoms with Crippen molar-refractivity contribution in [2.75, 3.05) is 0 Å². The van der Waals surface area contributed by atoms with Crippen molar-refractivity contribution < 1.29 is 0 Å². The summed E-state index contributed by atoms with van der Waals surface area (Å²) in [5.74, 6) is 1.00. The third-order valence-electron chi connectivity index (χ3n) is 2.12. The van der Waals surface area contributed by atoms with Gasteiger partial charge in [-0.15, -0.1) is 0 Å². The zero-order chi connectivity index (χ0) is 7.11. The van der Waals surface area contributed by atoms with Crippen LogP contribution in [0.25, 0.3) is 0 Å². The first kappa shape index (κ1) is 12.7. The first-order chi connectivity index (χ1) is 4.35. The molecule has 0 saturated heterocycles. The summed E-state index contributed by atoms with van der Waals surface area (Å²) in [6, 6.07) is 0. The Labute approximate surface area is 67.0 Å². The molecule has 0 aromatic rings. The smallest absolute Gasteiger partial charge is 0.0420 e. The van der Waals surface area contributed by atoms with Crippen LogP contribution in [0.3, 0.4) is 0 Å². The Morgan fingerprint density at radius 1 is 1.00 bits per heavy atom. The highest BCUT2D eigenvalue weighted by atomic mass is 14.1. The minimum atomic E-state index is 0. The molecule has 0 radical (unpaired) electrons. The maximum Gasteiger partial charge on any atom is -0.0420 e. The lowest BCUT2D eigenvalue weighted by molar-refractivity contribution is 0.438. The standard InChI is InChI=1S/C9H20.CH4/c1-4-7-8-9(5-2)6-3;/h9H,4-8H2,1-3H3;1H4.